The lowest BCUT2D eigenvalue weighted by molar-refractivity contribution is 0.0811. The minimum absolute atomic E-state index is 0.272. The van der Waals surface area contributed by atoms with Crippen molar-refractivity contribution >= 4 is 78.6 Å². The maximum Gasteiger partial charge on any atom is 0.513 e. The first-order valence-electron chi connectivity index (χ1n) is 19.2. The van der Waals surface area contributed by atoms with Gasteiger partial charge < -0.3 is 18.9 Å². The maximum absolute atomic E-state index is 13.3. The second kappa shape index (κ2) is 18.2. The summed E-state index contributed by atoms with van der Waals surface area (Å²) in [5, 5.41) is 7.11. The number of ether oxygens (including phenoxy) is 4. The van der Waals surface area contributed by atoms with Crippen LogP contribution in [0.3, 0.4) is 0 Å². The molecule has 6 aromatic carbocycles. The van der Waals surface area contributed by atoms with Crippen LogP contribution < -0.4 is 9.47 Å². The van der Waals surface area contributed by atoms with Crippen LogP contribution in [0.15, 0.2) is 84.9 Å². The fraction of sp³-hybridized carbons (Fsp3) is 0.348. The van der Waals surface area contributed by atoms with E-state index in [0.717, 1.165) is 94.8 Å². The number of benzene rings is 6. The highest BCUT2D eigenvalue weighted by molar-refractivity contribution is 6.34. The fourth-order valence-corrected chi connectivity index (χ4v) is 7.72. The average molecular weight is 768 g/mol. The Morgan fingerprint density at radius 2 is 0.889 bits per heavy atom. The number of carbonyl (C=O) groups excluding carboxylic acids is 2. The minimum Gasteiger partial charge on any atom is -0.434 e. The average Bonchev–Trinajstić information content (AvgIpc) is 3.18. The van der Waals surface area contributed by atoms with Crippen molar-refractivity contribution in [2.45, 2.75) is 79.1 Å². The van der Waals surface area contributed by atoms with Crippen LogP contribution in [0.1, 0.15) is 79.1 Å². The third-order valence-electron chi connectivity index (χ3n) is 10.5. The van der Waals surface area contributed by atoms with Gasteiger partial charge in [0.25, 0.3) is 0 Å². The van der Waals surface area contributed by atoms with Gasteiger partial charge in [-0.25, -0.2) is 9.59 Å². The third-order valence-corrected chi connectivity index (χ3v) is 10.9. The van der Waals surface area contributed by atoms with Gasteiger partial charge in [-0.05, 0) is 93.7 Å². The van der Waals surface area contributed by atoms with Crippen molar-refractivity contribution in [3.63, 3.8) is 0 Å². The molecule has 0 saturated carbocycles. The van der Waals surface area contributed by atoms with Gasteiger partial charge in [0.2, 0.25) is 0 Å². The SMILES string of the molecule is CCCCC(CC)COC(=O)Oc1c2ccccc2c(-c2c3ccccc3c(OC(=O)OCC(CC)CCCC)c3ccc(Cl)cc23)c2cc(Cl)ccc12. The first kappa shape index (κ1) is 39.2. The largest absolute Gasteiger partial charge is 0.513 e. The van der Waals surface area contributed by atoms with Crippen LogP contribution in [0.2, 0.25) is 10.0 Å². The van der Waals surface area contributed by atoms with Crippen LogP contribution in [-0.2, 0) is 9.47 Å². The lowest BCUT2D eigenvalue weighted by Crippen LogP contribution is -2.17. The van der Waals surface area contributed by atoms with E-state index in [1.807, 2.05) is 72.8 Å². The first-order chi connectivity index (χ1) is 26.3. The monoisotopic (exact) mass is 766 g/mol. The number of halogens is 2. The third kappa shape index (κ3) is 8.56. The highest BCUT2D eigenvalue weighted by atomic mass is 35.5. The van der Waals surface area contributed by atoms with E-state index in [0.29, 0.717) is 45.5 Å². The van der Waals surface area contributed by atoms with E-state index >= 15 is 0 Å². The predicted octanol–water partition coefficient (Wildman–Crippen LogP) is 14.7. The normalized spacial score (nSPS) is 12.6. The molecule has 2 unspecified atom stereocenters. The summed E-state index contributed by atoms with van der Waals surface area (Å²) >= 11 is 13.5. The molecule has 0 amide bonds. The molecule has 0 aliphatic rings. The Labute approximate surface area is 327 Å². The zero-order valence-electron chi connectivity index (χ0n) is 31.5. The summed E-state index contributed by atoms with van der Waals surface area (Å²) in [5.41, 5.74) is 1.74. The molecule has 0 radical (unpaired) electrons. The van der Waals surface area contributed by atoms with Gasteiger partial charge in [0.05, 0.1) is 13.2 Å². The van der Waals surface area contributed by atoms with Crippen molar-refractivity contribution in [1.82, 2.24) is 0 Å². The lowest BCUT2D eigenvalue weighted by atomic mass is 9.85. The molecule has 0 fully saturated rings. The zero-order chi connectivity index (χ0) is 38.2. The first-order valence-corrected chi connectivity index (χ1v) is 20.0. The second-order valence-electron chi connectivity index (χ2n) is 14.0. The molecule has 54 heavy (non-hydrogen) atoms. The zero-order valence-corrected chi connectivity index (χ0v) is 33.0. The Morgan fingerprint density at radius 3 is 1.26 bits per heavy atom. The van der Waals surface area contributed by atoms with Crippen molar-refractivity contribution in [2.75, 3.05) is 13.2 Å². The molecule has 0 spiro atoms. The van der Waals surface area contributed by atoms with Gasteiger partial charge in [-0.3, -0.25) is 0 Å². The van der Waals surface area contributed by atoms with Crippen molar-refractivity contribution in [2.24, 2.45) is 11.8 Å². The van der Waals surface area contributed by atoms with Gasteiger partial charge in [0.1, 0.15) is 11.5 Å². The van der Waals surface area contributed by atoms with E-state index in [2.05, 4.69) is 27.7 Å². The quantitative estimate of drug-likeness (QED) is 0.0589. The Morgan fingerprint density at radius 1 is 0.519 bits per heavy atom. The molecule has 0 heterocycles. The van der Waals surface area contributed by atoms with E-state index in [1.54, 1.807) is 12.1 Å². The molecule has 0 bridgehead atoms. The van der Waals surface area contributed by atoms with E-state index in [9.17, 15) is 9.59 Å². The number of hydrogen-bond acceptors (Lipinski definition) is 6. The lowest BCUT2D eigenvalue weighted by Gasteiger charge is -2.22. The Kier molecular flexibility index (Phi) is 13.2. The highest BCUT2D eigenvalue weighted by Gasteiger charge is 2.25. The predicted molar refractivity (Wildman–Crippen MR) is 222 cm³/mol. The topological polar surface area (TPSA) is 71.1 Å². The van der Waals surface area contributed by atoms with E-state index in [4.69, 9.17) is 42.1 Å². The van der Waals surface area contributed by atoms with Gasteiger partial charge in [0.15, 0.2) is 0 Å². The molecule has 0 aliphatic heterocycles. The summed E-state index contributed by atoms with van der Waals surface area (Å²) in [7, 11) is 0. The fourth-order valence-electron chi connectivity index (χ4n) is 7.37. The number of carbonyl (C=O) groups is 2. The van der Waals surface area contributed by atoms with Crippen molar-refractivity contribution < 1.29 is 28.5 Å². The maximum atomic E-state index is 13.3. The van der Waals surface area contributed by atoms with Crippen LogP contribution in [0.5, 0.6) is 11.5 Å². The van der Waals surface area contributed by atoms with Gasteiger partial charge in [0, 0.05) is 31.6 Å². The molecular weight excluding hydrogens is 719 g/mol. The van der Waals surface area contributed by atoms with Crippen LogP contribution in [0, 0.1) is 11.8 Å². The molecule has 282 valence electrons. The molecule has 8 heteroatoms. The highest BCUT2D eigenvalue weighted by Crippen LogP contribution is 2.50. The number of fused-ring (bicyclic) bond motifs is 4. The van der Waals surface area contributed by atoms with E-state index in [-0.39, 0.29) is 11.8 Å². The summed E-state index contributed by atoms with van der Waals surface area (Å²) in [6.45, 7) is 9.14. The summed E-state index contributed by atoms with van der Waals surface area (Å²) in [4.78, 5) is 26.7. The minimum atomic E-state index is -0.745. The Hall–Kier alpha value is -4.52. The summed E-state index contributed by atoms with van der Waals surface area (Å²) in [5.74, 6) is 1.33. The summed E-state index contributed by atoms with van der Waals surface area (Å²) < 4.78 is 23.6. The van der Waals surface area contributed by atoms with E-state index < -0.39 is 12.3 Å². The van der Waals surface area contributed by atoms with Crippen molar-refractivity contribution in [1.29, 1.82) is 0 Å². The molecule has 2 atom stereocenters. The molecule has 6 aromatic rings. The number of rotatable bonds is 15. The van der Waals surface area contributed by atoms with Gasteiger partial charge in [-0.15, -0.1) is 0 Å². The standard InChI is InChI=1S/C46H48Cl2O6/c1-5-9-15-29(7-3)27-51-45(49)53-43-35-19-13-11-17-33(35)41(39-25-31(47)21-23-37(39)43)42-34-18-12-14-20-36(34)44(38-24-22-32(48)26-40(38)42)54-46(50)52-28-30(8-4)16-10-6-2/h11-14,17-26,29-30H,5-10,15-16,27-28H2,1-4H3. The van der Waals surface area contributed by atoms with Gasteiger partial charge in [-0.2, -0.15) is 0 Å². The van der Waals surface area contributed by atoms with E-state index in [1.165, 1.54) is 0 Å². The smallest absolute Gasteiger partial charge is 0.434 e. The van der Waals surface area contributed by atoms with Crippen molar-refractivity contribution in [3.8, 4) is 22.6 Å². The van der Waals surface area contributed by atoms with Crippen LogP contribution in [0.25, 0.3) is 54.2 Å². The molecule has 6 nitrogen and oxygen atoms in total. The molecule has 6 rings (SSSR count). The summed E-state index contributed by atoms with van der Waals surface area (Å²) in [6.07, 6.45) is 6.68. The Balaban J connectivity index is 1.52. The molecule has 0 aliphatic carbocycles. The van der Waals surface area contributed by atoms with Gasteiger partial charge >= 0.3 is 12.3 Å². The van der Waals surface area contributed by atoms with Crippen molar-refractivity contribution in [3.05, 3.63) is 95.0 Å². The molecular formula is C46H48Cl2O6. The van der Waals surface area contributed by atoms with Crippen LogP contribution in [0.4, 0.5) is 9.59 Å². The molecule has 0 aromatic heterocycles. The van der Waals surface area contributed by atoms with Crippen LogP contribution in [-0.4, -0.2) is 25.5 Å². The van der Waals surface area contributed by atoms with Crippen LogP contribution >= 0.6 is 23.2 Å². The summed E-state index contributed by atoms with van der Waals surface area (Å²) in [6, 6.07) is 26.8. The molecule has 0 N–H and O–H groups in total. The number of hydrogen-bond donors (Lipinski definition) is 0. The Bertz CT molecular complexity index is 2120. The number of unbranched alkanes of at least 4 members (excludes halogenated alkanes) is 2. The molecule has 0 saturated heterocycles. The second-order valence-corrected chi connectivity index (χ2v) is 14.9. The van der Waals surface area contributed by atoms with Gasteiger partial charge in [-0.1, -0.05) is 138 Å².